The number of carbonyl (C=O) groups is 2. The first-order chi connectivity index (χ1) is 12.8. The van der Waals surface area contributed by atoms with E-state index in [0.717, 1.165) is 25.1 Å². The summed E-state index contributed by atoms with van der Waals surface area (Å²) < 4.78 is 10.5. The number of hydrogen-bond acceptors (Lipinski definition) is 6. The highest BCUT2D eigenvalue weighted by Gasteiger charge is 2.31. The second-order valence-electron chi connectivity index (χ2n) is 8.39. The van der Waals surface area contributed by atoms with Crippen molar-refractivity contribution in [2.45, 2.75) is 39.0 Å². The number of anilines is 1. The van der Waals surface area contributed by atoms with E-state index >= 15 is 0 Å². The van der Waals surface area contributed by atoms with E-state index in [1.165, 1.54) is 0 Å². The van der Waals surface area contributed by atoms with Crippen LogP contribution in [0.1, 0.15) is 39.3 Å². The van der Waals surface area contributed by atoms with Crippen LogP contribution in [0.5, 0.6) is 0 Å². The van der Waals surface area contributed by atoms with Crippen molar-refractivity contribution in [2.75, 3.05) is 51.3 Å². The fourth-order valence-corrected chi connectivity index (χ4v) is 3.51. The highest BCUT2D eigenvalue weighted by molar-refractivity contribution is 5.91. The molecule has 150 valence electrons. The van der Waals surface area contributed by atoms with Gasteiger partial charge in [-0.25, -0.2) is 0 Å². The van der Waals surface area contributed by atoms with Gasteiger partial charge in [-0.15, -0.1) is 0 Å². The normalized spacial score (nSPS) is 21.9. The molecule has 2 aliphatic rings. The van der Waals surface area contributed by atoms with Crippen LogP contribution in [0.2, 0.25) is 0 Å². The van der Waals surface area contributed by atoms with Gasteiger partial charge in [0.05, 0.1) is 31.4 Å². The maximum absolute atomic E-state index is 12.7. The highest BCUT2D eigenvalue weighted by Crippen LogP contribution is 2.24. The van der Waals surface area contributed by atoms with E-state index in [1.807, 2.05) is 30.6 Å². The zero-order valence-electron chi connectivity index (χ0n) is 16.5. The summed E-state index contributed by atoms with van der Waals surface area (Å²) in [6.07, 6.45) is 1.80. The van der Waals surface area contributed by atoms with Crippen molar-refractivity contribution in [1.29, 1.82) is 0 Å². The average Bonchev–Trinajstić information content (AvgIpc) is 3.11. The third-order valence-electron chi connectivity index (χ3n) is 5.09. The molecule has 8 heteroatoms. The first kappa shape index (κ1) is 19.8. The SMILES string of the molecule is CC(C)(C)c1cc(NC(=O)CN2CCCC(C(=O)N3CCOCC3)C2)on1. The van der Waals surface area contributed by atoms with E-state index in [9.17, 15) is 9.59 Å². The van der Waals surface area contributed by atoms with Crippen LogP contribution in [0.3, 0.4) is 0 Å². The molecule has 0 bridgehead atoms. The molecule has 27 heavy (non-hydrogen) atoms. The monoisotopic (exact) mass is 378 g/mol. The van der Waals surface area contributed by atoms with E-state index in [2.05, 4.69) is 10.5 Å². The third kappa shape index (κ3) is 5.29. The van der Waals surface area contributed by atoms with Crippen LogP contribution in [0, 0.1) is 5.92 Å². The predicted molar refractivity (Wildman–Crippen MR) is 100 cm³/mol. The molecule has 1 N–H and O–H groups in total. The molecule has 0 saturated carbocycles. The molecule has 1 aromatic rings. The summed E-state index contributed by atoms with van der Waals surface area (Å²) in [6, 6.07) is 1.76. The van der Waals surface area contributed by atoms with Gasteiger partial charge in [-0.1, -0.05) is 25.9 Å². The van der Waals surface area contributed by atoms with Crippen molar-refractivity contribution in [3.05, 3.63) is 11.8 Å². The lowest BCUT2D eigenvalue weighted by atomic mass is 9.92. The summed E-state index contributed by atoms with van der Waals surface area (Å²) in [7, 11) is 0. The largest absolute Gasteiger partial charge is 0.378 e. The van der Waals surface area contributed by atoms with Gasteiger partial charge in [-0.05, 0) is 19.4 Å². The minimum Gasteiger partial charge on any atom is -0.378 e. The fourth-order valence-electron chi connectivity index (χ4n) is 3.51. The van der Waals surface area contributed by atoms with Gasteiger partial charge in [0.25, 0.3) is 0 Å². The highest BCUT2D eigenvalue weighted by atomic mass is 16.5. The summed E-state index contributed by atoms with van der Waals surface area (Å²) >= 11 is 0. The number of amides is 2. The van der Waals surface area contributed by atoms with Gasteiger partial charge in [-0.2, -0.15) is 0 Å². The first-order valence-corrected chi connectivity index (χ1v) is 9.69. The van der Waals surface area contributed by atoms with Crippen LogP contribution in [0.15, 0.2) is 10.6 Å². The van der Waals surface area contributed by atoms with E-state index < -0.39 is 0 Å². The van der Waals surface area contributed by atoms with Gasteiger partial charge in [0.2, 0.25) is 17.7 Å². The number of piperidine rings is 1. The Labute approximate surface area is 160 Å². The number of nitrogens with one attached hydrogen (secondary N) is 1. The maximum atomic E-state index is 12.7. The molecular weight excluding hydrogens is 348 g/mol. The van der Waals surface area contributed by atoms with Crippen LogP contribution in [0.4, 0.5) is 5.88 Å². The van der Waals surface area contributed by atoms with Crippen molar-refractivity contribution >= 4 is 17.7 Å². The summed E-state index contributed by atoms with van der Waals surface area (Å²) in [5.74, 6) is 0.366. The summed E-state index contributed by atoms with van der Waals surface area (Å²) in [5.41, 5.74) is 0.666. The molecule has 0 radical (unpaired) electrons. The molecule has 8 nitrogen and oxygen atoms in total. The third-order valence-corrected chi connectivity index (χ3v) is 5.09. The Morgan fingerprint density at radius 2 is 2.00 bits per heavy atom. The van der Waals surface area contributed by atoms with Crippen LogP contribution in [0.25, 0.3) is 0 Å². The van der Waals surface area contributed by atoms with Gasteiger partial charge >= 0.3 is 0 Å². The number of nitrogens with zero attached hydrogens (tertiary/aromatic N) is 3. The van der Waals surface area contributed by atoms with Gasteiger partial charge in [0, 0.05) is 31.1 Å². The number of ether oxygens (including phenoxy) is 1. The Morgan fingerprint density at radius 3 is 2.67 bits per heavy atom. The second-order valence-corrected chi connectivity index (χ2v) is 8.39. The molecule has 0 aromatic carbocycles. The van der Waals surface area contributed by atoms with Crippen LogP contribution < -0.4 is 5.32 Å². The molecule has 3 rings (SSSR count). The van der Waals surface area contributed by atoms with E-state index in [1.54, 1.807) is 6.07 Å². The average molecular weight is 378 g/mol. The number of carbonyl (C=O) groups excluding carboxylic acids is 2. The van der Waals surface area contributed by atoms with Gasteiger partial charge in [0.15, 0.2) is 0 Å². The fraction of sp³-hybridized carbons (Fsp3) is 0.737. The quantitative estimate of drug-likeness (QED) is 0.854. The Balaban J connectivity index is 1.50. The zero-order chi connectivity index (χ0) is 19.4. The number of morpholine rings is 1. The van der Waals surface area contributed by atoms with E-state index in [4.69, 9.17) is 9.26 Å². The summed E-state index contributed by atoms with van der Waals surface area (Å²) in [6.45, 7) is 10.3. The maximum Gasteiger partial charge on any atom is 0.240 e. The molecular formula is C19H30N4O4. The summed E-state index contributed by atoms with van der Waals surface area (Å²) in [5, 5.41) is 6.78. The number of rotatable bonds is 4. The van der Waals surface area contributed by atoms with Gasteiger partial charge in [0.1, 0.15) is 0 Å². The van der Waals surface area contributed by atoms with Gasteiger partial charge in [-0.3, -0.25) is 19.8 Å². The lowest BCUT2D eigenvalue weighted by Crippen LogP contribution is -2.49. The van der Waals surface area contributed by atoms with E-state index in [0.29, 0.717) is 38.7 Å². The molecule has 1 unspecified atom stereocenters. The van der Waals surface area contributed by atoms with Gasteiger partial charge < -0.3 is 14.2 Å². The van der Waals surface area contributed by atoms with Crippen molar-refractivity contribution in [3.8, 4) is 0 Å². The summed E-state index contributed by atoms with van der Waals surface area (Å²) in [4.78, 5) is 29.0. The second kappa shape index (κ2) is 8.39. The van der Waals surface area contributed by atoms with Crippen molar-refractivity contribution in [2.24, 2.45) is 5.92 Å². The van der Waals surface area contributed by atoms with Crippen molar-refractivity contribution < 1.29 is 18.8 Å². The standard InChI is InChI=1S/C19H30N4O4/c1-19(2,3)15-11-17(27-21-15)20-16(24)13-22-6-4-5-14(12-22)18(25)23-7-9-26-10-8-23/h11,14H,4-10,12-13H2,1-3H3,(H,20,24). The minimum atomic E-state index is -0.147. The molecule has 2 fully saturated rings. The molecule has 3 heterocycles. The number of aromatic nitrogens is 1. The minimum absolute atomic E-state index is 0.0394. The number of likely N-dealkylation sites (tertiary alicyclic amines) is 1. The molecule has 1 aromatic heterocycles. The number of hydrogen-bond donors (Lipinski definition) is 1. The Morgan fingerprint density at radius 1 is 1.26 bits per heavy atom. The topological polar surface area (TPSA) is 87.9 Å². The van der Waals surface area contributed by atoms with Crippen LogP contribution in [-0.2, 0) is 19.7 Å². The van der Waals surface area contributed by atoms with E-state index in [-0.39, 0.29) is 29.7 Å². The molecule has 1 atom stereocenters. The van der Waals surface area contributed by atoms with Crippen LogP contribution in [-0.4, -0.2) is 72.7 Å². The first-order valence-electron chi connectivity index (χ1n) is 9.69. The zero-order valence-corrected chi connectivity index (χ0v) is 16.5. The lowest BCUT2D eigenvalue weighted by Gasteiger charge is -2.35. The smallest absolute Gasteiger partial charge is 0.240 e. The molecule has 2 aliphatic heterocycles. The lowest BCUT2D eigenvalue weighted by molar-refractivity contribution is -0.141. The Hall–Kier alpha value is -1.93. The molecule has 2 amide bonds. The van der Waals surface area contributed by atoms with Crippen molar-refractivity contribution in [1.82, 2.24) is 15.0 Å². The predicted octanol–water partition coefficient (Wildman–Crippen LogP) is 1.48. The Kier molecular flexibility index (Phi) is 6.16. The molecule has 0 aliphatic carbocycles. The molecule has 2 saturated heterocycles. The van der Waals surface area contributed by atoms with Crippen LogP contribution >= 0.6 is 0 Å². The van der Waals surface area contributed by atoms with Crippen molar-refractivity contribution in [3.63, 3.8) is 0 Å². The Bertz CT molecular complexity index is 661. The molecule has 0 spiro atoms.